The Balaban J connectivity index is 1.53. The number of carbonyl (C=O) groups is 1. The molecule has 0 saturated carbocycles. The fourth-order valence-electron chi connectivity index (χ4n) is 2.83. The first-order valence-electron chi connectivity index (χ1n) is 8.78. The Labute approximate surface area is 180 Å². The molecule has 0 atom stereocenters. The van der Waals surface area contributed by atoms with Gasteiger partial charge in [0.15, 0.2) is 16.6 Å². The molecule has 2 aromatic carbocycles. The summed E-state index contributed by atoms with van der Waals surface area (Å²) in [6, 6.07) is 11.6. The minimum Gasteiger partial charge on any atom is -0.493 e. The smallest absolute Gasteiger partial charge is 0.276 e. The molecule has 9 heteroatoms. The maximum absolute atomic E-state index is 13.4. The molecular formula is C21H16FN3O3S2. The number of para-hydroxylation sites is 1. The zero-order valence-corrected chi connectivity index (χ0v) is 17.6. The molecule has 6 nitrogen and oxygen atoms in total. The summed E-state index contributed by atoms with van der Waals surface area (Å²) in [6.45, 7) is 0. The van der Waals surface area contributed by atoms with E-state index < -0.39 is 0 Å². The summed E-state index contributed by atoms with van der Waals surface area (Å²) in [6.07, 6.45) is 0. The standard InChI is InChI=1S/C21H16FN3O3S2/c1-27-17-8-4-7-14(18(17)28-2)20-23-16(11-29-20)19(26)25-21-24-15(10-30-21)12-5-3-6-13(22)9-12/h3-11H,1-2H3,(H,24,25,26). The predicted octanol–water partition coefficient (Wildman–Crippen LogP) is 5.34. The Morgan fingerprint density at radius 2 is 1.87 bits per heavy atom. The fraction of sp³-hybridized carbons (Fsp3) is 0.0952. The molecule has 0 aliphatic rings. The van der Waals surface area contributed by atoms with Gasteiger partial charge in [0.1, 0.15) is 16.5 Å². The predicted molar refractivity (Wildman–Crippen MR) is 116 cm³/mol. The van der Waals surface area contributed by atoms with Crippen LogP contribution in [0.3, 0.4) is 0 Å². The molecule has 1 amide bonds. The Kier molecular flexibility index (Phi) is 5.73. The molecule has 0 radical (unpaired) electrons. The van der Waals surface area contributed by atoms with Gasteiger partial charge in [-0.3, -0.25) is 10.1 Å². The highest BCUT2D eigenvalue weighted by Crippen LogP contribution is 2.39. The molecule has 0 unspecified atom stereocenters. The number of amides is 1. The van der Waals surface area contributed by atoms with Crippen LogP contribution in [0, 0.1) is 5.82 Å². The van der Waals surface area contributed by atoms with E-state index in [1.165, 1.54) is 34.8 Å². The number of hydrogen-bond donors (Lipinski definition) is 1. The van der Waals surface area contributed by atoms with E-state index in [2.05, 4.69) is 15.3 Å². The lowest BCUT2D eigenvalue weighted by molar-refractivity contribution is 0.102. The van der Waals surface area contributed by atoms with E-state index in [0.717, 1.165) is 5.56 Å². The maximum atomic E-state index is 13.4. The summed E-state index contributed by atoms with van der Waals surface area (Å²) in [5, 5.41) is 7.22. The van der Waals surface area contributed by atoms with Gasteiger partial charge in [-0.05, 0) is 24.3 Å². The molecule has 152 valence electrons. The average molecular weight is 442 g/mol. The number of nitrogens with zero attached hydrogens (tertiary/aromatic N) is 2. The van der Waals surface area contributed by atoms with Crippen LogP contribution in [-0.2, 0) is 0 Å². The topological polar surface area (TPSA) is 73.3 Å². The number of nitrogens with one attached hydrogen (secondary N) is 1. The fourth-order valence-corrected chi connectivity index (χ4v) is 4.37. The van der Waals surface area contributed by atoms with Crippen LogP contribution in [0.15, 0.2) is 53.2 Å². The Hall–Kier alpha value is -3.30. The number of methoxy groups -OCH3 is 2. The van der Waals surface area contributed by atoms with Crippen molar-refractivity contribution < 1.29 is 18.7 Å². The highest BCUT2D eigenvalue weighted by atomic mass is 32.1. The Bertz CT molecular complexity index is 1210. The summed E-state index contributed by atoms with van der Waals surface area (Å²) in [5.74, 6) is 0.429. The highest BCUT2D eigenvalue weighted by Gasteiger charge is 2.18. The third-order valence-electron chi connectivity index (χ3n) is 4.22. The van der Waals surface area contributed by atoms with Crippen molar-refractivity contribution in [2.45, 2.75) is 0 Å². The van der Waals surface area contributed by atoms with Gasteiger partial charge in [-0.1, -0.05) is 18.2 Å². The lowest BCUT2D eigenvalue weighted by atomic mass is 10.2. The van der Waals surface area contributed by atoms with Crippen LogP contribution in [0.2, 0.25) is 0 Å². The van der Waals surface area contributed by atoms with Crippen molar-refractivity contribution in [1.29, 1.82) is 0 Å². The van der Waals surface area contributed by atoms with Gasteiger partial charge in [0, 0.05) is 16.3 Å². The van der Waals surface area contributed by atoms with Crippen molar-refractivity contribution in [2.24, 2.45) is 0 Å². The van der Waals surface area contributed by atoms with Crippen LogP contribution >= 0.6 is 22.7 Å². The second-order valence-corrected chi connectivity index (χ2v) is 7.80. The number of aromatic nitrogens is 2. The summed E-state index contributed by atoms with van der Waals surface area (Å²) in [5.41, 5.74) is 2.24. The molecule has 4 rings (SSSR count). The number of carbonyl (C=O) groups excluding carboxylic acids is 1. The third-order valence-corrected chi connectivity index (χ3v) is 5.85. The van der Waals surface area contributed by atoms with E-state index in [9.17, 15) is 9.18 Å². The summed E-state index contributed by atoms with van der Waals surface area (Å²) < 4.78 is 24.2. The van der Waals surface area contributed by atoms with Crippen LogP contribution in [0.1, 0.15) is 10.5 Å². The van der Waals surface area contributed by atoms with Gasteiger partial charge in [-0.15, -0.1) is 22.7 Å². The Morgan fingerprint density at radius 1 is 1.03 bits per heavy atom. The quantitative estimate of drug-likeness (QED) is 0.437. The summed E-state index contributed by atoms with van der Waals surface area (Å²) >= 11 is 2.59. The zero-order valence-electron chi connectivity index (χ0n) is 16.0. The van der Waals surface area contributed by atoms with Crippen molar-refractivity contribution in [3.63, 3.8) is 0 Å². The van der Waals surface area contributed by atoms with E-state index in [1.54, 1.807) is 43.2 Å². The van der Waals surface area contributed by atoms with Crippen LogP contribution in [0.5, 0.6) is 11.5 Å². The van der Waals surface area contributed by atoms with Gasteiger partial charge in [0.05, 0.1) is 25.5 Å². The van der Waals surface area contributed by atoms with Crippen LogP contribution in [0.25, 0.3) is 21.8 Å². The van der Waals surface area contributed by atoms with Gasteiger partial charge < -0.3 is 9.47 Å². The molecule has 0 bridgehead atoms. The lowest BCUT2D eigenvalue weighted by Gasteiger charge is -2.10. The molecule has 2 aromatic heterocycles. The van der Waals surface area contributed by atoms with Gasteiger partial charge in [-0.2, -0.15) is 0 Å². The van der Waals surface area contributed by atoms with Crippen LogP contribution in [0.4, 0.5) is 9.52 Å². The molecule has 0 fully saturated rings. The van der Waals surface area contributed by atoms with Crippen molar-refractivity contribution in [2.75, 3.05) is 19.5 Å². The van der Waals surface area contributed by atoms with E-state index in [0.29, 0.717) is 32.9 Å². The maximum Gasteiger partial charge on any atom is 0.276 e. The first-order valence-corrected chi connectivity index (χ1v) is 10.5. The lowest BCUT2D eigenvalue weighted by Crippen LogP contribution is -2.12. The molecule has 30 heavy (non-hydrogen) atoms. The van der Waals surface area contributed by atoms with Gasteiger partial charge in [0.25, 0.3) is 5.91 Å². The summed E-state index contributed by atoms with van der Waals surface area (Å²) in [4.78, 5) is 21.4. The molecule has 0 saturated heterocycles. The molecule has 2 heterocycles. The zero-order chi connectivity index (χ0) is 21.1. The number of ether oxygens (including phenoxy) is 2. The molecule has 4 aromatic rings. The SMILES string of the molecule is COc1cccc(-c2nc(C(=O)Nc3nc(-c4cccc(F)c4)cs3)cs2)c1OC. The molecule has 0 aliphatic heterocycles. The minimum atomic E-state index is -0.375. The Morgan fingerprint density at radius 3 is 2.63 bits per heavy atom. The van der Waals surface area contributed by atoms with E-state index in [-0.39, 0.29) is 17.4 Å². The first kappa shape index (κ1) is 20.0. The van der Waals surface area contributed by atoms with Crippen molar-refractivity contribution >= 4 is 33.7 Å². The number of halogens is 1. The van der Waals surface area contributed by atoms with Crippen LogP contribution in [-0.4, -0.2) is 30.1 Å². The molecular weight excluding hydrogens is 425 g/mol. The normalized spacial score (nSPS) is 10.6. The highest BCUT2D eigenvalue weighted by molar-refractivity contribution is 7.14. The molecule has 1 N–H and O–H groups in total. The van der Waals surface area contributed by atoms with E-state index in [1.807, 2.05) is 12.1 Å². The third kappa shape index (κ3) is 4.03. The molecule has 0 aliphatic carbocycles. The molecule has 0 spiro atoms. The number of rotatable bonds is 6. The second kappa shape index (κ2) is 8.60. The minimum absolute atomic E-state index is 0.266. The van der Waals surface area contributed by atoms with Crippen molar-refractivity contribution in [3.8, 4) is 33.3 Å². The van der Waals surface area contributed by atoms with E-state index >= 15 is 0 Å². The largest absolute Gasteiger partial charge is 0.493 e. The monoisotopic (exact) mass is 441 g/mol. The number of hydrogen-bond acceptors (Lipinski definition) is 7. The van der Waals surface area contributed by atoms with Crippen molar-refractivity contribution in [1.82, 2.24) is 9.97 Å². The number of thiazole rings is 2. The first-order chi connectivity index (χ1) is 14.6. The summed E-state index contributed by atoms with van der Waals surface area (Å²) in [7, 11) is 3.12. The van der Waals surface area contributed by atoms with Gasteiger partial charge in [0.2, 0.25) is 0 Å². The van der Waals surface area contributed by atoms with Gasteiger partial charge >= 0.3 is 0 Å². The number of anilines is 1. The van der Waals surface area contributed by atoms with Crippen molar-refractivity contribution in [3.05, 3.63) is 64.7 Å². The van der Waals surface area contributed by atoms with E-state index in [4.69, 9.17) is 9.47 Å². The van der Waals surface area contributed by atoms with Crippen LogP contribution < -0.4 is 14.8 Å². The average Bonchev–Trinajstić information content (AvgIpc) is 3.43. The van der Waals surface area contributed by atoms with Gasteiger partial charge in [-0.25, -0.2) is 14.4 Å². The number of benzene rings is 2. The second-order valence-electron chi connectivity index (χ2n) is 6.08.